The minimum atomic E-state index is -3.58. The van der Waals surface area contributed by atoms with Crippen LogP contribution >= 0.6 is 0 Å². The van der Waals surface area contributed by atoms with Gasteiger partial charge in [-0.15, -0.1) is 0 Å². The van der Waals surface area contributed by atoms with Crippen molar-refractivity contribution in [1.82, 2.24) is 0 Å². The summed E-state index contributed by atoms with van der Waals surface area (Å²) in [5.74, 6) is -2.85. The van der Waals surface area contributed by atoms with Crippen molar-refractivity contribution in [2.75, 3.05) is 5.75 Å². The minimum absolute atomic E-state index is 0.179. The SMILES string of the molecule is CCS(=O)(=O)[C@@H]1[C@@H](c2ccc(F)cc2)[C@]1(N)C(=O)O. The number of hydrogen-bond acceptors (Lipinski definition) is 4. The van der Waals surface area contributed by atoms with E-state index in [4.69, 9.17) is 10.8 Å². The first-order valence-electron chi connectivity index (χ1n) is 5.74. The molecule has 3 N–H and O–H groups in total. The summed E-state index contributed by atoms with van der Waals surface area (Å²) in [7, 11) is -3.58. The fourth-order valence-electron chi connectivity index (χ4n) is 2.43. The van der Waals surface area contributed by atoms with Gasteiger partial charge < -0.3 is 10.8 Å². The van der Waals surface area contributed by atoms with Crippen LogP contribution in [0.15, 0.2) is 24.3 Å². The van der Waals surface area contributed by atoms with Crippen molar-refractivity contribution >= 4 is 15.8 Å². The minimum Gasteiger partial charge on any atom is -0.480 e. The molecule has 1 aliphatic rings. The predicted molar refractivity (Wildman–Crippen MR) is 66.9 cm³/mol. The maximum atomic E-state index is 12.9. The van der Waals surface area contributed by atoms with Crippen LogP contribution in [0.25, 0.3) is 0 Å². The molecule has 0 amide bonds. The number of hydrogen-bond donors (Lipinski definition) is 2. The molecule has 7 heteroatoms. The zero-order valence-electron chi connectivity index (χ0n) is 10.2. The van der Waals surface area contributed by atoms with Crippen molar-refractivity contribution in [3.05, 3.63) is 35.6 Å². The number of nitrogens with two attached hydrogens (primary N) is 1. The Kier molecular flexibility index (Phi) is 3.14. The molecule has 2 rings (SSSR count). The van der Waals surface area contributed by atoms with Crippen LogP contribution < -0.4 is 5.73 Å². The van der Waals surface area contributed by atoms with Crippen molar-refractivity contribution in [2.45, 2.75) is 23.6 Å². The van der Waals surface area contributed by atoms with Crippen LogP contribution in [0.2, 0.25) is 0 Å². The van der Waals surface area contributed by atoms with E-state index in [9.17, 15) is 17.6 Å². The standard InChI is InChI=1S/C12H14FNO4S/c1-2-19(17,18)10-9(12(10,14)11(15)16)7-3-5-8(13)6-4-7/h3-6,9-10H,2,14H2,1H3,(H,15,16)/t9-,10-,12-/m1/s1. The number of rotatable bonds is 4. The van der Waals surface area contributed by atoms with Gasteiger partial charge in [0.15, 0.2) is 9.84 Å². The Balaban J connectivity index is 2.45. The molecule has 1 fully saturated rings. The molecule has 3 atom stereocenters. The van der Waals surface area contributed by atoms with E-state index in [1.807, 2.05) is 0 Å². The number of carboxylic acid groups (broad SMARTS) is 1. The lowest BCUT2D eigenvalue weighted by atomic mass is 10.1. The highest BCUT2D eigenvalue weighted by Gasteiger charge is 2.73. The Morgan fingerprint density at radius 2 is 1.95 bits per heavy atom. The average Bonchev–Trinajstić information content (AvgIpc) is 2.99. The summed E-state index contributed by atoms with van der Waals surface area (Å²) in [6.07, 6.45) is 0. The lowest BCUT2D eigenvalue weighted by Gasteiger charge is -2.05. The van der Waals surface area contributed by atoms with Gasteiger partial charge in [-0.25, -0.2) is 12.8 Å². The molecule has 1 aliphatic carbocycles. The van der Waals surface area contributed by atoms with Crippen LogP contribution in [0.3, 0.4) is 0 Å². The molecule has 1 saturated carbocycles. The molecule has 0 radical (unpaired) electrons. The lowest BCUT2D eigenvalue weighted by Crippen LogP contribution is -2.40. The smallest absolute Gasteiger partial charge is 0.325 e. The van der Waals surface area contributed by atoms with E-state index < -0.39 is 38.3 Å². The van der Waals surface area contributed by atoms with Crippen LogP contribution in [0.4, 0.5) is 4.39 Å². The molecule has 0 saturated heterocycles. The van der Waals surface area contributed by atoms with Crippen molar-refractivity contribution in [2.24, 2.45) is 5.73 Å². The Morgan fingerprint density at radius 1 is 1.42 bits per heavy atom. The van der Waals surface area contributed by atoms with Crippen LogP contribution in [0.1, 0.15) is 18.4 Å². The fraction of sp³-hybridized carbons (Fsp3) is 0.417. The van der Waals surface area contributed by atoms with Crippen molar-refractivity contribution in [3.63, 3.8) is 0 Å². The van der Waals surface area contributed by atoms with Crippen molar-refractivity contribution < 1.29 is 22.7 Å². The molecule has 0 aromatic heterocycles. The van der Waals surface area contributed by atoms with Crippen LogP contribution in [-0.2, 0) is 14.6 Å². The molecule has 1 aromatic rings. The largest absolute Gasteiger partial charge is 0.480 e. The summed E-state index contributed by atoms with van der Waals surface area (Å²) in [5, 5.41) is 8.01. The molecule has 1 aromatic carbocycles. The third-order valence-corrected chi connectivity index (χ3v) is 5.81. The third-order valence-electron chi connectivity index (χ3n) is 3.57. The highest BCUT2D eigenvalue weighted by atomic mass is 32.2. The van der Waals surface area contributed by atoms with Gasteiger partial charge in [0, 0.05) is 11.7 Å². The molecular formula is C12H14FNO4S. The van der Waals surface area contributed by atoms with E-state index in [1.54, 1.807) is 0 Å². The molecule has 104 valence electrons. The summed E-state index contributed by atoms with van der Waals surface area (Å²) in [4.78, 5) is 11.2. The fourth-order valence-corrected chi connectivity index (χ4v) is 4.35. The normalized spacial score (nSPS) is 30.1. The van der Waals surface area contributed by atoms with Gasteiger partial charge in [-0.1, -0.05) is 19.1 Å². The topological polar surface area (TPSA) is 97.5 Å². The summed E-state index contributed by atoms with van der Waals surface area (Å²) in [5.41, 5.74) is 4.33. The van der Waals surface area contributed by atoms with Gasteiger partial charge in [-0.05, 0) is 17.7 Å². The van der Waals surface area contributed by atoms with E-state index >= 15 is 0 Å². The second-order valence-corrected chi connectivity index (χ2v) is 7.05. The van der Waals surface area contributed by atoms with Crippen molar-refractivity contribution in [3.8, 4) is 0 Å². The lowest BCUT2D eigenvalue weighted by molar-refractivity contribution is -0.139. The van der Waals surface area contributed by atoms with Gasteiger partial charge in [0.1, 0.15) is 11.4 Å². The quantitative estimate of drug-likeness (QED) is 0.841. The summed E-state index contributed by atoms with van der Waals surface area (Å²) >= 11 is 0. The van der Waals surface area contributed by atoms with E-state index in [1.165, 1.54) is 19.1 Å². The maximum Gasteiger partial charge on any atom is 0.325 e. The predicted octanol–water partition coefficient (Wildman–Crippen LogP) is 0.508. The highest BCUT2D eigenvalue weighted by Crippen LogP contribution is 2.54. The number of aliphatic carboxylic acids is 1. The summed E-state index contributed by atoms with van der Waals surface area (Å²) in [6, 6.07) is 5.06. The van der Waals surface area contributed by atoms with E-state index in [-0.39, 0.29) is 5.75 Å². The van der Waals surface area contributed by atoms with Gasteiger partial charge >= 0.3 is 5.97 Å². The average molecular weight is 287 g/mol. The molecule has 0 spiro atoms. The number of sulfone groups is 1. The van der Waals surface area contributed by atoms with Crippen LogP contribution in [0, 0.1) is 5.82 Å². The molecule has 0 bridgehead atoms. The Morgan fingerprint density at radius 3 is 2.37 bits per heavy atom. The van der Waals surface area contributed by atoms with Crippen LogP contribution in [-0.4, -0.2) is 36.0 Å². The van der Waals surface area contributed by atoms with E-state index in [2.05, 4.69) is 0 Å². The summed E-state index contributed by atoms with van der Waals surface area (Å²) < 4.78 is 36.7. The molecule has 0 aliphatic heterocycles. The summed E-state index contributed by atoms with van der Waals surface area (Å²) in [6.45, 7) is 1.44. The highest BCUT2D eigenvalue weighted by molar-refractivity contribution is 7.92. The zero-order valence-corrected chi connectivity index (χ0v) is 11.0. The zero-order chi connectivity index (χ0) is 14.4. The number of halogens is 1. The Hall–Kier alpha value is -1.47. The Labute approximate surface area is 110 Å². The molecule has 0 unspecified atom stereocenters. The second-order valence-electron chi connectivity index (χ2n) is 4.64. The van der Waals surface area contributed by atoms with Gasteiger partial charge in [0.05, 0.1) is 5.25 Å². The third kappa shape index (κ3) is 2.02. The number of carboxylic acids is 1. The molecule has 5 nitrogen and oxygen atoms in total. The first-order valence-corrected chi connectivity index (χ1v) is 7.46. The number of benzene rings is 1. The van der Waals surface area contributed by atoms with Crippen LogP contribution in [0.5, 0.6) is 0 Å². The maximum absolute atomic E-state index is 12.9. The Bertz CT molecular complexity index is 613. The van der Waals surface area contributed by atoms with E-state index in [0.717, 1.165) is 12.1 Å². The first kappa shape index (κ1) is 14.0. The molecular weight excluding hydrogens is 273 g/mol. The monoisotopic (exact) mass is 287 g/mol. The van der Waals surface area contributed by atoms with E-state index in [0.29, 0.717) is 5.56 Å². The molecule has 0 heterocycles. The van der Waals surface area contributed by atoms with Gasteiger partial charge in [-0.2, -0.15) is 0 Å². The van der Waals surface area contributed by atoms with Gasteiger partial charge in [-0.3, -0.25) is 4.79 Å². The van der Waals surface area contributed by atoms with Crippen molar-refractivity contribution in [1.29, 1.82) is 0 Å². The number of carbonyl (C=O) groups is 1. The second kappa shape index (κ2) is 4.28. The first-order chi connectivity index (χ1) is 8.75. The molecule has 19 heavy (non-hydrogen) atoms. The van der Waals surface area contributed by atoms with Gasteiger partial charge in [0.25, 0.3) is 0 Å². The van der Waals surface area contributed by atoms with Gasteiger partial charge in [0.2, 0.25) is 0 Å².